The Morgan fingerprint density at radius 2 is 1.97 bits per heavy atom. The standard InChI is InChI=1S/C24H25N3O5S/c1-15-6-8-17(9-7-15)27-20(28)14-33-23-18(13-25)22(19-5-4-10-31-19)21(16(2)26-23)24(29)32-12-11-30-3/h4-10,22,26H,11-12,14H2,1-3H3,(H,27,28)/t22-/m1/s1. The SMILES string of the molecule is COCCOC(=O)C1=C(C)NC(SCC(=O)Nc2ccc(C)cc2)=C(C#N)[C@@H]1c1ccco1. The molecule has 8 nitrogen and oxygen atoms in total. The van der Waals surface area contributed by atoms with Gasteiger partial charge in [0.15, 0.2) is 0 Å². The molecular formula is C24H25N3O5S. The van der Waals surface area contributed by atoms with Crippen molar-refractivity contribution < 1.29 is 23.5 Å². The average molecular weight is 468 g/mol. The maximum atomic E-state index is 12.8. The Hall–Kier alpha value is -3.48. The number of anilines is 1. The third-order valence-corrected chi connectivity index (χ3v) is 5.92. The molecule has 0 aliphatic carbocycles. The number of dihydropyridines is 1. The molecule has 0 saturated heterocycles. The summed E-state index contributed by atoms with van der Waals surface area (Å²) < 4.78 is 15.8. The number of benzene rings is 1. The van der Waals surface area contributed by atoms with Crippen molar-refractivity contribution >= 4 is 29.3 Å². The molecule has 1 amide bonds. The van der Waals surface area contributed by atoms with E-state index >= 15 is 0 Å². The number of rotatable bonds is 9. The van der Waals surface area contributed by atoms with Gasteiger partial charge in [0.2, 0.25) is 5.91 Å². The number of ether oxygens (including phenoxy) is 2. The fraction of sp³-hybridized carbons (Fsp3) is 0.292. The summed E-state index contributed by atoms with van der Waals surface area (Å²) in [6.07, 6.45) is 1.48. The van der Waals surface area contributed by atoms with Gasteiger partial charge >= 0.3 is 5.97 Å². The third-order valence-electron chi connectivity index (χ3n) is 4.90. The van der Waals surface area contributed by atoms with Crippen molar-refractivity contribution in [2.75, 3.05) is 31.4 Å². The third kappa shape index (κ3) is 6.06. The van der Waals surface area contributed by atoms with Crippen LogP contribution in [0.2, 0.25) is 0 Å². The van der Waals surface area contributed by atoms with Crippen molar-refractivity contribution in [2.24, 2.45) is 0 Å². The zero-order chi connectivity index (χ0) is 23.8. The Morgan fingerprint density at radius 3 is 2.61 bits per heavy atom. The Morgan fingerprint density at radius 1 is 1.21 bits per heavy atom. The number of esters is 1. The van der Waals surface area contributed by atoms with Crippen molar-refractivity contribution in [1.29, 1.82) is 5.26 Å². The number of nitrogens with one attached hydrogen (secondary N) is 2. The van der Waals surface area contributed by atoms with E-state index in [0.29, 0.717) is 22.2 Å². The molecule has 2 aromatic rings. The second-order valence-corrected chi connectivity index (χ2v) is 8.28. The van der Waals surface area contributed by atoms with Gasteiger partial charge in [0.25, 0.3) is 0 Å². The van der Waals surface area contributed by atoms with Crippen LogP contribution >= 0.6 is 11.8 Å². The van der Waals surface area contributed by atoms with Gasteiger partial charge in [0, 0.05) is 18.5 Å². The number of amides is 1. The summed E-state index contributed by atoms with van der Waals surface area (Å²) in [5.74, 6) is -1.01. The molecular weight excluding hydrogens is 442 g/mol. The van der Waals surface area contributed by atoms with E-state index in [-0.39, 0.29) is 36.0 Å². The fourth-order valence-corrected chi connectivity index (χ4v) is 4.20. The molecule has 0 fully saturated rings. The summed E-state index contributed by atoms with van der Waals surface area (Å²) in [7, 11) is 1.52. The van der Waals surface area contributed by atoms with Crippen LogP contribution in [-0.2, 0) is 19.1 Å². The molecule has 1 aromatic carbocycles. The van der Waals surface area contributed by atoms with Gasteiger partial charge in [-0.05, 0) is 38.1 Å². The van der Waals surface area contributed by atoms with Crippen LogP contribution in [0.25, 0.3) is 0 Å². The Bertz CT molecular complexity index is 1100. The summed E-state index contributed by atoms with van der Waals surface area (Å²) in [5, 5.41) is 16.4. The minimum Gasteiger partial charge on any atom is -0.468 e. The first-order valence-electron chi connectivity index (χ1n) is 10.3. The summed E-state index contributed by atoms with van der Waals surface area (Å²) in [4.78, 5) is 25.3. The van der Waals surface area contributed by atoms with Gasteiger partial charge in [0.1, 0.15) is 12.4 Å². The maximum Gasteiger partial charge on any atom is 0.336 e. The lowest BCUT2D eigenvalue weighted by Crippen LogP contribution is -2.29. The van der Waals surface area contributed by atoms with Crippen LogP contribution in [-0.4, -0.2) is 38.0 Å². The number of nitriles is 1. The van der Waals surface area contributed by atoms with Gasteiger partial charge < -0.3 is 24.5 Å². The van der Waals surface area contributed by atoms with E-state index < -0.39 is 11.9 Å². The topological polar surface area (TPSA) is 114 Å². The molecule has 3 rings (SSSR count). The van der Waals surface area contributed by atoms with Crippen LogP contribution in [0.1, 0.15) is 24.2 Å². The van der Waals surface area contributed by atoms with Crippen molar-refractivity contribution in [3.63, 3.8) is 0 Å². The highest BCUT2D eigenvalue weighted by molar-refractivity contribution is 8.03. The van der Waals surface area contributed by atoms with Crippen LogP contribution in [0.5, 0.6) is 0 Å². The number of nitrogens with zero attached hydrogens (tertiary/aromatic N) is 1. The van der Waals surface area contributed by atoms with E-state index in [4.69, 9.17) is 13.9 Å². The summed E-state index contributed by atoms with van der Waals surface area (Å²) in [5.41, 5.74) is 2.89. The van der Waals surface area contributed by atoms with Crippen LogP contribution in [0.4, 0.5) is 5.69 Å². The highest BCUT2D eigenvalue weighted by Crippen LogP contribution is 2.41. The van der Waals surface area contributed by atoms with Gasteiger partial charge in [0.05, 0.1) is 46.8 Å². The van der Waals surface area contributed by atoms with Crippen LogP contribution in [0, 0.1) is 18.3 Å². The minimum atomic E-state index is -0.746. The number of carbonyl (C=O) groups excluding carboxylic acids is 2. The first-order chi connectivity index (χ1) is 15.9. The molecule has 9 heteroatoms. The van der Waals surface area contributed by atoms with Gasteiger partial charge in [-0.1, -0.05) is 29.5 Å². The Balaban J connectivity index is 1.80. The van der Waals surface area contributed by atoms with Gasteiger partial charge in [-0.2, -0.15) is 5.26 Å². The molecule has 1 atom stereocenters. The number of carbonyl (C=O) groups is 2. The molecule has 0 bridgehead atoms. The van der Waals surface area contributed by atoms with Crippen molar-refractivity contribution in [3.8, 4) is 6.07 Å². The molecule has 2 heterocycles. The second-order valence-electron chi connectivity index (χ2n) is 7.30. The van der Waals surface area contributed by atoms with E-state index in [1.165, 1.54) is 25.1 Å². The molecule has 172 valence electrons. The predicted octanol–water partition coefficient (Wildman–Crippen LogP) is 3.85. The molecule has 1 aromatic heterocycles. The molecule has 0 spiro atoms. The zero-order valence-corrected chi connectivity index (χ0v) is 19.5. The molecule has 0 radical (unpaired) electrons. The maximum absolute atomic E-state index is 12.8. The number of hydrogen-bond acceptors (Lipinski definition) is 8. The van der Waals surface area contributed by atoms with Gasteiger partial charge in [-0.25, -0.2) is 4.79 Å². The number of methoxy groups -OCH3 is 1. The summed E-state index contributed by atoms with van der Waals surface area (Å²) in [6.45, 7) is 4.04. The number of thioether (sulfide) groups is 1. The van der Waals surface area contributed by atoms with E-state index in [1.807, 2.05) is 31.2 Å². The average Bonchev–Trinajstić information content (AvgIpc) is 3.33. The van der Waals surface area contributed by atoms with Crippen LogP contribution in [0.3, 0.4) is 0 Å². The first-order valence-corrected chi connectivity index (χ1v) is 11.2. The quantitative estimate of drug-likeness (QED) is 0.422. The molecule has 33 heavy (non-hydrogen) atoms. The predicted molar refractivity (Wildman–Crippen MR) is 125 cm³/mol. The molecule has 1 aliphatic rings. The number of allylic oxidation sites excluding steroid dienone is 2. The normalized spacial score (nSPS) is 15.6. The summed E-state index contributed by atoms with van der Waals surface area (Å²) >= 11 is 1.19. The molecule has 0 saturated carbocycles. The fourth-order valence-electron chi connectivity index (χ4n) is 3.30. The van der Waals surface area contributed by atoms with Crippen LogP contribution in [0.15, 0.2) is 69.0 Å². The van der Waals surface area contributed by atoms with Gasteiger partial charge in [-0.15, -0.1) is 0 Å². The molecule has 0 unspecified atom stereocenters. The minimum absolute atomic E-state index is 0.0766. The number of hydrogen-bond donors (Lipinski definition) is 2. The largest absolute Gasteiger partial charge is 0.468 e. The van der Waals surface area contributed by atoms with Crippen molar-refractivity contribution in [2.45, 2.75) is 19.8 Å². The monoisotopic (exact) mass is 467 g/mol. The van der Waals surface area contributed by atoms with Crippen molar-refractivity contribution in [1.82, 2.24) is 5.32 Å². The zero-order valence-electron chi connectivity index (χ0n) is 18.6. The van der Waals surface area contributed by atoms with Gasteiger partial charge in [-0.3, -0.25) is 4.79 Å². The highest BCUT2D eigenvalue weighted by Gasteiger charge is 2.37. The Kier molecular flexibility index (Phi) is 8.35. The molecule has 1 aliphatic heterocycles. The number of aryl methyl sites for hydroxylation is 1. The van der Waals surface area contributed by atoms with E-state index in [0.717, 1.165) is 5.56 Å². The van der Waals surface area contributed by atoms with E-state index in [1.54, 1.807) is 19.1 Å². The first kappa shape index (κ1) is 24.2. The van der Waals surface area contributed by atoms with Crippen molar-refractivity contribution in [3.05, 3.63) is 75.9 Å². The molecule has 2 N–H and O–H groups in total. The van der Waals surface area contributed by atoms with E-state index in [9.17, 15) is 14.9 Å². The lowest BCUT2D eigenvalue weighted by molar-refractivity contribution is -0.140. The Labute approximate surface area is 196 Å². The smallest absolute Gasteiger partial charge is 0.336 e. The van der Waals surface area contributed by atoms with E-state index in [2.05, 4.69) is 16.7 Å². The highest BCUT2D eigenvalue weighted by atomic mass is 32.2. The second kappa shape index (κ2) is 11.4. The van der Waals surface area contributed by atoms with Crippen LogP contribution < -0.4 is 10.6 Å². The lowest BCUT2D eigenvalue weighted by atomic mass is 9.86. The summed E-state index contributed by atoms with van der Waals surface area (Å²) in [6, 6.07) is 13.1. The number of furan rings is 1. The lowest BCUT2D eigenvalue weighted by Gasteiger charge is -2.27.